The van der Waals surface area contributed by atoms with Crippen molar-refractivity contribution in [2.75, 3.05) is 30.7 Å². The van der Waals surface area contributed by atoms with E-state index in [1.165, 1.54) is 12.1 Å². The Labute approximate surface area is 218 Å². The Kier molecular flexibility index (Phi) is 7.96. The number of carbonyl (C=O) groups is 2. The van der Waals surface area contributed by atoms with Gasteiger partial charge in [0.05, 0.1) is 22.9 Å². The van der Waals surface area contributed by atoms with Gasteiger partial charge in [-0.3, -0.25) is 9.59 Å². The average Bonchev–Trinajstić information content (AvgIpc) is 2.88. The molecule has 0 unspecified atom stereocenters. The number of aliphatic imine (C=N–C) groups is 1. The standard InChI is InChI=1S/C27H29F3N4O2S/c1-4-33(5-2)25(36)22-17(3)31-26-34(13-8-14-37-26)23(22)18-9-7-12-21(16-18)32-24(35)19-10-6-11-20(15-19)27(28,29)30/h6-7,9-12,15-16,23H,4-5,8,13-14H2,1-3H3,(H,32,35)/t23-/m0/s1. The summed E-state index contributed by atoms with van der Waals surface area (Å²) in [4.78, 5) is 35.1. The van der Waals surface area contributed by atoms with Crippen molar-refractivity contribution in [1.82, 2.24) is 9.80 Å². The third-order valence-electron chi connectivity index (χ3n) is 6.45. The van der Waals surface area contributed by atoms with Crippen molar-refractivity contribution < 1.29 is 22.8 Å². The topological polar surface area (TPSA) is 65.0 Å². The Hall–Kier alpha value is -3.27. The van der Waals surface area contributed by atoms with Crippen LogP contribution in [0.1, 0.15) is 54.7 Å². The number of fused-ring (bicyclic) bond motifs is 1. The highest BCUT2D eigenvalue weighted by atomic mass is 32.2. The SMILES string of the molecule is CCN(CC)C(=O)C1=C(C)N=C2SCCCN2[C@H]1c1cccc(NC(=O)c2cccc(C(F)(F)F)c2)c1. The summed E-state index contributed by atoms with van der Waals surface area (Å²) in [6.45, 7) is 7.59. The molecule has 196 valence electrons. The zero-order chi connectivity index (χ0) is 26.7. The van der Waals surface area contributed by atoms with Gasteiger partial charge in [0.1, 0.15) is 0 Å². The molecule has 2 aromatic rings. The number of nitrogens with zero attached hydrogens (tertiary/aromatic N) is 3. The van der Waals surface area contributed by atoms with Gasteiger partial charge in [-0.2, -0.15) is 13.2 Å². The average molecular weight is 531 g/mol. The summed E-state index contributed by atoms with van der Waals surface area (Å²) < 4.78 is 39.3. The van der Waals surface area contributed by atoms with Crippen molar-refractivity contribution in [3.63, 3.8) is 0 Å². The lowest BCUT2D eigenvalue weighted by Crippen LogP contribution is -2.45. The first-order valence-electron chi connectivity index (χ1n) is 12.2. The van der Waals surface area contributed by atoms with Gasteiger partial charge >= 0.3 is 6.18 Å². The first-order valence-corrected chi connectivity index (χ1v) is 13.2. The molecule has 0 spiro atoms. The van der Waals surface area contributed by atoms with E-state index in [-0.39, 0.29) is 17.5 Å². The molecule has 6 nitrogen and oxygen atoms in total. The number of thioether (sulfide) groups is 1. The second-order valence-corrected chi connectivity index (χ2v) is 9.89. The molecule has 4 rings (SSSR count). The second kappa shape index (κ2) is 11.0. The summed E-state index contributed by atoms with van der Waals surface area (Å²) in [7, 11) is 0. The molecule has 10 heteroatoms. The van der Waals surface area contributed by atoms with Crippen LogP contribution in [0, 0.1) is 0 Å². The molecule has 0 saturated carbocycles. The van der Waals surface area contributed by atoms with Crippen LogP contribution < -0.4 is 5.32 Å². The summed E-state index contributed by atoms with van der Waals surface area (Å²) in [5, 5.41) is 3.58. The van der Waals surface area contributed by atoms with Gasteiger partial charge in [0.2, 0.25) is 0 Å². The van der Waals surface area contributed by atoms with Crippen LogP contribution in [-0.4, -0.2) is 52.2 Å². The quantitative estimate of drug-likeness (QED) is 0.501. The molecule has 1 fully saturated rings. The van der Waals surface area contributed by atoms with E-state index in [4.69, 9.17) is 4.99 Å². The molecule has 0 bridgehead atoms. The highest BCUT2D eigenvalue weighted by Crippen LogP contribution is 2.40. The minimum atomic E-state index is -4.54. The van der Waals surface area contributed by atoms with Gasteiger partial charge in [0.15, 0.2) is 5.17 Å². The number of amides is 2. The first-order chi connectivity index (χ1) is 17.6. The van der Waals surface area contributed by atoms with Crippen molar-refractivity contribution in [2.24, 2.45) is 4.99 Å². The van der Waals surface area contributed by atoms with Gasteiger partial charge < -0.3 is 15.1 Å². The Balaban J connectivity index is 1.68. The molecule has 0 radical (unpaired) electrons. The monoisotopic (exact) mass is 530 g/mol. The summed E-state index contributed by atoms with van der Waals surface area (Å²) >= 11 is 1.65. The molecular formula is C27H29F3N4O2S. The lowest BCUT2D eigenvalue weighted by molar-refractivity contribution is -0.137. The molecule has 1 saturated heterocycles. The van der Waals surface area contributed by atoms with Crippen molar-refractivity contribution in [3.8, 4) is 0 Å². The fourth-order valence-corrected chi connectivity index (χ4v) is 5.62. The van der Waals surface area contributed by atoms with E-state index < -0.39 is 17.6 Å². The Morgan fingerprint density at radius 1 is 1.14 bits per heavy atom. The smallest absolute Gasteiger partial charge is 0.340 e. The van der Waals surface area contributed by atoms with Gasteiger partial charge in [-0.15, -0.1) is 0 Å². The van der Waals surface area contributed by atoms with Gasteiger partial charge in [-0.25, -0.2) is 4.99 Å². The number of carbonyl (C=O) groups excluding carboxylic acids is 2. The highest BCUT2D eigenvalue weighted by Gasteiger charge is 2.38. The number of halogens is 3. The summed E-state index contributed by atoms with van der Waals surface area (Å²) in [5.74, 6) is 0.222. The van der Waals surface area contributed by atoms with Gasteiger partial charge in [-0.1, -0.05) is 30.0 Å². The summed E-state index contributed by atoms with van der Waals surface area (Å²) in [6, 6.07) is 11.1. The molecule has 1 atom stereocenters. The Morgan fingerprint density at radius 3 is 2.57 bits per heavy atom. The molecular weight excluding hydrogens is 501 g/mol. The number of allylic oxidation sites excluding steroid dienone is 1. The first kappa shape index (κ1) is 26.8. The molecule has 0 aromatic heterocycles. The van der Waals surface area contributed by atoms with Crippen LogP contribution in [0.15, 0.2) is 64.8 Å². The van der Waals surface area contributed by atoms with Crippen molar-refractivity contribution >= 4 is 34.4 Å². The third kappa shape index (κ3) is 5.69. The predicted molar refractivity (Wildman–Crippen MR) is 140 cm³/mol. The van der Waals surface area contributed by atoms with Crippen LogP contribution in [0.4, 0.5) is 18.9 Å². The molecule has 2 heterocycles. The predicted octanol–water partition coefficient (Wildman–Crippen LogP) is 5.95. The van der Waals surface area contributed by atoms with Crippen LogP contribution >= 0.6 is 11.8 Å². The van der Waals surface area contributed by atoms with Crippen LogP contribution in [-0.2, 0) is 11.0 Å². The lowest BCUT2D eigenvalue weighted by atomic mass is 9.92. The number of rotatable bonds is 6. The number of nitrogens with one attached hydrogen (secondary N) is 1. The molecule has 2 aliphatic rings. The van der Waals surface area contributed by atoms with Crippen molar-refractivity contribution in [2.45, 2.75) is 39.4 Å². The maximum absolute atomic E-state index is 13.6. The maximum Gasteiger partial charge on any atom is 0.416 e. The van der Waals surface area contributed by atoms with E-state index in [1.807, 2.05) is 26.8 Å². The maximum atomic E-state index is 13.6. The minimum Gasteiger partial charge on any atom is -0.340 e. The van der Waals surface area contributed by atoms with Crippen LogP contribution in [0.3, 0.4) is 0 Å². The third-order valence-corrected chi connectivity index (χ3v) is 7.53. The molecule has 2 amide bonds. The van der Waals surface area contributed by atoms with Gasteiger partial charge in [0, 0.05) is 36.6 Å². The lowest BCUT2D eigenvalue weighted by Gasteiger charge is -2.41. The Morgan fingerprint density at radius 2 is 1.86 bits per heavy atom. The molecule has 2 aromatic carbocycles. The minimum absolute atomic E-state index is 0.0794. The molecule has 2 aliphatic heterocycles. The molecule has 0 aliphatic carbocycles. The van der Waals surface area contributed by atoms with Crippen LogP contribution in [0.5, 0.6) is 0 Å². The number of hydrogen-bond acceptors (Lipinski definition) is 5. The van der Waals surface area contributed by atoms with E-state index in [2.05, 4.69) is 10.2 Å². The number of benzene rings is 2. The fourth-order valence-electron chi connectivity index (χ4n) is 4.60. The van der Waals surface area contributed by atoms with Crippen LogP contribution in [0.2, 0.25) is 0 Å². The second-order valence-electron chi connectivity index (χ2n) is 8.83. The zero-order valence-corrected chi connectivity index (χ0v) is 21.7. The number of likely N-dealkylation sites (N-methyl/N-ethyl adjacent to an activating group) is 1. The Bertz CT molecular complexity index is 1250. The number of alkyl halides is 3. The van der Waals surface area contributed by atoms with E-state index in [0.717, 1.165) is 41.6 Å². The molecule has 37 heavy (non-hydrogen) atoms. The van der Waals surface area contributed by atoms with Gasteiger partial charge in [-0.05, 0) is 63.1 Å². The van der Waals surface area contributed by atoms with Crippen LogP contribution in [0.25, 0.3) is 0 Å². The number of anilines is 1. The van der Waals surface area contributed by atoms with E-state index >= 15 is 0 Å². The largest absolute Gasteiger partial charge is 0.416 e. The fraction of sp³-hybridized carbons (Fsp3) is 0.370. The van der Waals surface area contributed by atoms with Gasteiger partial charge in [0.25, 0.3) is 11.8 Å². The van der Waals surface area contributed by atoms with Crippen molar-refractivity contribution in [3.05, 3.63) is 76.5 Å². The van der Waals surface area contributed by atoms with E-state index in [1.54, 1.807) is 34.9 Å². The normalized spacial score (nSPS) is 17.7. The van der Waals surface area contributed by atoms with E-state index in [0.29, 0.717) is 30.0 Å². The summed E-state index contributed by atoms with van der Waals surface area (Å²) in [5.41, 5.74) is 1.52. The molecule has 1 N–H and O–H groups in total. The highest BCUT2D eigenvalue weighted by molar-refractivity contribution is 8.13. The van der Waals surface area contributed by atoms with Crippen molar-refractivity contribution in [1.29, 1.82) is 0 Å². The zero-order valence-electron chi connectivity index (χ0n) is 20.9. The number of amidine groups is 1. The number of hydrogen-bond donors (Lipinski definition) is 1. The van der Waals surface area contributed by atoms with E-state index in [9.17, 15) is 22.8 Å². The summed E-state index contributed by atoms with van der Waals surface area (Å²) in [6.07, 6.45) is -3.60.